The number of ketones is 1. The summed E-state index contributed by atoms with van der Waals surface area (Å²) in [6.45, 7) is 5.62. The fourth-order valence-corrected chi connectivity index (χ4v) is 4.69. The van der Waals surface area contributed by atoms with Gasteiger partial charge in [-0.1, -0.05) is 23.8 Å². The van der Waals surface area contributed by atoms with Crippen LogP contribution in [0.15, 0.2) is 41.8 Å². The number of Topliss-reactive ketones (excluding diaryl/α,β-unsaturated/α-hetero) is 1. The van der Waals surface area contributed by atoms with E-state index < -0.39 is 15.6 Å². The Morgan fingerprint density at radius 1 is 1.42 bits per heavy atom. The van der Waals surface area contributed by atoms with E-state index in [2.05, 4.69) is 11.3 Å². The summed E-state index contributed by atoms with van der Waals surface area (Å²) in [6, 6.07) is 6.50. The molecule has 0 aromatic heterocycles. The first-order valence-corrected chi connectivity index (χ1v) is 9.75. The molecular weight excluding hydrogens is 326 g/mol. The summed E-state index contributed by atoms with van der Waals surface area (Å²) in [4.78, 5) is 11.9. The Labute approximate surface area is 143 Å². The van der Waals surface area contributed by atoms with Gasteiger partial charge in [0.25, 0.3) is 0 Å². The van der Waals surface area contributed by atoms with Gasteiger partial charge in [-0.05, 0) is 44.7 Å². The molecule has 1 aromatic rings. The van der Waals surface area contributed by atoms with Gasteiger partial charge in [-0.3, -0.25) is 4.79 Å². The predicted octanol–water partition coefficient (Wildman–Crippen LogP) is 2.50. The molecule has 1 unspecified atom stereocenters. The lowest BCUT2D eigenvalue weighted by Gasteiger charge is -2.21. The fourth-order valence-electron chi connectivity index (χ4n) is 3.42. The van der Waals surface area contributed by atoms with Crippen LogP contribution < -0.4 is 4.72 Å². The normalized spacial score (nSPS) is 26.9. The first kappa shape index (κ1) is 17.3. The van der Waals surface area contributed by atoms with E-state index >= 15 is 0 Å². The van der Waals surface area contributed by atoms with E-state index in [4.69, 9.17) is 4.74 Å². The number of nitrogens with one attached hydrogen (secondary N) is 1. The third-order valence-corrected chi connectivity index (χ3v) is 6.36. The number of rotatable bonds is 8. The van der Waals surface area contributed by atoms with Crippen molar-refractivity contribution in [3.05, 3.63) is 42.5 Å². The van der Waals surface area contributed by atoms with E-state index in [0.29, 0.717) is 32.1 Å². The molecule has 1 N–H and O–H groups in total. The summed E-state index contributed by atoms with van der Waals surface area (Å²) in [6.07, 6.45) is 4.54. The zero-order chi connectivity index (χ0) is 17.4. The number of aryl methyl sites for hydroxylation is 1. The fraction of sp³-hybridized carbons (Fsp3) is 0.500. The van der Waals surface area contributed by atoms with Crippen LogP contribution in [0.25, 0.3) is 0 Å². The highest BCUT2D eigenvalue weighted by Gasteiger charge is 2.64. The van der Waals surface area contributed by atoms with Gasteiger partial charge in [-0.2, -0.15) is 0 Å². The molecule has 1 aliphatic carbocycles. The zero-order valence-corrected chi connectivity index (χ0v) is 14.6. The zero-order valence-electron chi connectivity index (χ0n) is 13.8. The molecule has 1 heterocycles. The number of carbonyl (C=O) groups is 1. The summed E-state index contributed by atoms with van der Waals surface area (Å²) in [5.41, 5.74) is 0.563. The molecule has 5 nitrogen and oxygen atoms in total. The lowest BCUT2D eigenvalue weighted by atomic mass is 9.95. The van der Waals surface area contributed by atoms with Crippen LogP contribution in [0.2, 0.25) is 0 Å². The molecule has 2 fully saturated rings. The molecule has 1 aliphatic heterocycles. The quantitative estimate of drug-likeness (QED) is 0.578. The number of fused-ring (bicyclic) bond motifs is 1. The van der Waals surface area contributed by atoms with Crippen molar-refractivity contribution in [2.24, 2.45) is 0 Å². The molecule has 3 rings (SSSR count). The second-order valence-electron chi connectivity index (χ2n) is 6.73. The van der Waals surface area contributed by atoms with E-state index in [1.165, 1.54) is 0 Å². The largest absolute Gasteiger partial charge is 0.358 e. The molecule has 2 aliphatic rings. The maximum atomic E-state index is 12.6. The molecule has 0 radical (unpaired) electrons. The number of epoxide rings is 1. The molecular formula is C18H23NO4S. The van der Waals surface area contributed by atoms with Gasteiger partial charge in [-0.25, -0.2) is 13.1 Å². The van der Waals surface area contributed by atoms with E-state index in [-0.39, 0.29) is 22.8 Å². The van der Waals surface area contributed by atoms with Gasteiger partial charge in [0.05, 0.1) is 4.90 Å². The van der Waals surface area contributed by atoms with Crippen molar-refractivity contribution in [1.82, 2.24) is 4.72 Å². The Balaban J connectivity index is 1.73. The molecule has 1 saturated carbocycles. The van der Waals surface area contributed by atoms with Gasteiger partial charge < -0.3 is 4.74 Å². The lowest BCUT2D eigenvalue weighted by Crippen LogP contribution is -2.38. The minimum atomic E-state index is -3.59. The predicted molar refractivity (Wildman–Crippen MR) is 91.2 cm³/mol. The average molecular weight is 349 g/mol. The maximum absolute atomic E-state index is 12.6. The minimum absolute atomic E-state index is 0.138. The van der Waals surface area contributed by atoms with Crippen molar-refractivity contribution in [3.63, 3.8) is 0 Å². The first-order valence-electron chi connectivity index (χ1n) is 8.27. The van der Waals surface area contributed by atoms with Crippen LogP contribution in [-0.2, 0) is 19.6 Å². The Morgan fingerprint density at radius 2 is 2.12 bits per heavy atom. The lowest BCUT2D eigenvalue weighted by molar-refractivity contribution is -0.120. The van der Waals surface area contributed by atoms with Crippen molar-refractivity contribution in [1.29, 1.82) is 0 Å². The summed E-state index contributed by atoms with van der Waals surface area (Å²) >= 11 is 0. The van der Waals surface area contributed by atoms with Crippen molar-refractivity contribution in [2.75, 3.05) is 0 Å². The third kappa shape index (κ3) is 3.45. The standard InChI is InChI=1S/C18H23NO4S/c1-3-4-5-14(12-18-11-10-16(20)17(18)23-18)19-24(21,22)15-8-6-13(2)7-9-15/h3,6-9,14,17,19H,1,4-5,10-12H2,2H3/t14?,17-,18-/m0/s1. The SMILES string of the molecule is C=CCCC(C[C@@]12CCC(=O)[C@@H]1O2)NS(=O)(=O)c1ccc(C)cc1. The Hall–Kier alpha value is -1.50. The second-order valence-corrected chi connectivity index (χ2v) is 8.44. The van der Waals surface area contributed by atoms with E-state index in [9.17, 15) is 13.2 Å². The number of carbonyl (C=O) groups excluding carboxylic acids is 1. The molecule has 0 bridgehead atoms. The molecule has 24 heavy (non-hydrogen) atoms. The van der Waals surface area contributed by atoms with Gasteiger partial charge in [0, 0.05) is 12.5 Å². The highest BCUT2D eigenvalue weighted by Crippen LogP contribution is 2.51. The highest BCUT2D eigenvalue weighted by molar-refractivity contribution is 7.89. The van der Waals surface area contributed by atoms with Crippen LogP contribution in [0.5, 0.6) is 0 Å². The monoisotopic (exact) mass is 349 g/mol. The van der Waals surface area contributed by atoms with Gasteiger partial charge in [0.1, 0.15) is 11.7 Å². The Morgan fingerprint density at radius 3 is 2.67 bits per heavy atom. The van der Waals surface area contributed by atoms with Crippen molar-refractivity contribution < 1.29 is 17.9 Å². The molecule has 130 valence electrons. The number of ether oxygens (including phenoxy) is 1. The summed E-state index contributed by atoms with van der Waals surface area (Å²) in [5.74, 6) is 0.138. The van der Waals surface area contributed by atoms with Crippen LogP contribution in [-0.4, -0.2) is 31.9 Å². The van der Waals surface area contributed by atoms with Crippen LogP contribution in [0.4, 0.5) is 0 Å². The molecule has 3 atom stereocenters. The van der Waals surface area contributed by atoms with Gasteiger partial charge in [0.15, 0.2) is 5.78 Å². The number of benzene rings is 1. The number of hydrogen-bond acceptors (Lipinski definition) is 4. The average Bonchev–Trinajstić information content (AvgIpc) is 3.17. The van der Waals surface area contributed by atoms with Crippen molar-refractivity contribution in [3.8, 4) is 0 Å². The summed E-state index contributed by atoms with van der Waals surface area (Å²) in [5, 5.41) is 0. The number of allylic oxidation sites excluding steroid dienone is 1. The van der Waals surface area contributed by atoms with Crippen LogP contribution in [0.3, 0.4) is 0 Å². The smallest absolute Gasteiger partial charge is 0.240 e. The number of hydrogen-bond donors (Lipinski definition) is 1. The van der Waals surface area contributed by atoms with Gasteiger partial charge in [0.2, 0.25) is 10.0 Å². The maximum Gasteiger partial charge on any atom is 0.240 e. The molecule has 1 saturated heterocycles. The number of sulfonamides is 1. The Bertz CT molecular complexity index is 741. The Kier molecular flexibility index (Phi) is 4.64. The van der Waals surface area contributed by atoms with E-state index in [1.54, 1.807) is 30.3 Å². The van der Waals surface area contributed by atoms with Crippen molar-refractivity contribution >= 4 is 15.8 Å². The molecule has 1 aromatic carbocycles. The summed E-state index contributed by atoms with van der Waals surface area (Å²) in [7, 11) is -3.59. The van der Waals surface area contributed by atoms with E-state index in [0.717, 1.165) is 5.56 Å². The topological polar surface area (TPSA) is 75.8 Å². The summed E-state index contributed by atoms with van der Waals surface area (Å²) < 4.78 is 33.6. The van der Waals surface area contributed by atoms with Crippen LogP contribution >= 0.6 is 0 Å². The van der Waals surface area contributed by atoms with Crippen molar-refractivity contribution in [2.45, 2.75) is 61.7 Å². The highest BCUT2D eigenvalue weighted by atomic mass is 32.2. The van der Waals surface area contributed by atoms with Gasteiger partial charge in [-0.15, -0.1) is 6.58 Å². The molecule has 0 amide bonds. The van der Waals surface area contributed by atoms with E-state index in [1.807, 2.05) is 6.92 Å². The first-order chi connectivity index (χ1) is 11.4. The van der Waals surface area contributed by atoms with Gasteiger partial charge >= 0.3 is 0 Å². The third-order valence-electron chi connectivity index (χ3n) is 4.82. The van der Waals surface area contributed by atoms with Crippen LogP contribution in [0.1, 0.15) is 37.7 Å². The molecule has 0 spiro atoms. The minimum Gasteiger partial charge on any atom is -0.358 e. The second kappa shape index (κ2) is 6.43. The van der Waals surface area contributed by atoms with Crippen LogP contribution in [0, 0.1) is 6.92 Å². The molecule has 6 heteroatoms.